The van der Waals surface area contributed by atoms with Gasteiger partial charge in [-0.15, -0.1) is 0 Å². The monoisotopic (exact) mass is 281 g/mol. The van der Waals surface area contributed by atoms with Crippen molar-refractivity contribution in [2.45, 2.75) is 11.8 Å². The topological polar surface area (TPSA) is 40.4 Å². The third-order valence-electron chi connectivity index (χ3n) is 2.41. The molecule has 0 aliphatic rings. The molecule has 4 nitrogen and oxygen atoms in total. The van der Waals surface area contributed by atoms with E-state index in [1.807, 2.05) is 6.92 Å². The third-order valence-corrected chi connectivity index (χ3v) is 4.14. The molecular weight excluding hydrogens is 260 g/mol. The van der Waals surface area contributed by atoms with Crippen LogP contribution in [0.15, 0.2) is 40.3 Å². The summed E-state index contributed by atoms with van der Waals surface area (Å²) in [6, 6.07) is 6.88. The van der Waals surface area contributed by atoms with Gasteiger partial charge in [0, 0.05) is 20.3 Å². The molecule has 0 aliphatic heterocycles. The second-order valence-corrected chi connectivity index (χ2v) is 6.85. The Morgan fingerprint density at radius 1 is 1.16 bits per heavy atom. The molecule has 0 amide bonds. The van der Waals surface area contributed by atoms with Crippen LogP contribution < -0.4 is 0 Å². The summed E-state index contributed by atoms with van der Waals surface area (Å²) in [6.07, 6.45) is 3.21. The number of allylic oxidation sites excluding steroid dienone is 1. The highest BCUT2D eigenvalue weighted by Gasteiger charge is 2.22. The second-order valence-electron chi connectivity index (χ2n) is 4.90. The van der Waals surface area contributed by atoms with Crippen LogP contribution in [-0.4, -0.2) is 52.3 Å². The van der Waals surface area contributed by atoms with Crippen LogP contribution >= 0.6 is 0 Å². The number of hydrogen-bond donors (Lipinski definition) is 0. The van der Waals surface area contributed by atoms with Crippen molar-refractivity contribution in [3.8, 4) is 0 Å². The largest absolute Gasteiger partial charge is 0.382 e. The third kappa shape index (κ3) is 4.21. The maximum Gasteiger partial charge on any atom is 0.213 e. The number of nitrogens with zero attached hydrogens (tertiary/aromatic N) is 2. The molecule has 1 aromatic rings. The van der Waals surface area contributed by atoms with Crippen LogP contribution in [0.2, 0.25) is 0 Å². The zero-order chi connectivity index (χ0) is 14.6. The first-order chi connectivity index (χ1) is 8.73. The molecule has 0 heterocycles. The van der Waals surface area contributed by atoms with Gasteiger partial charge in [0.2, 0.25) is 9.84 Å². The van der Waals surface area contributed by atoms with Gasteiger partial charge in [0.25, 0.3) is 0 Å². The number of benzene rings is 1. The molecule has 1 rings (SSSR count). The Bertz CT molecular complexity index is 593. The molecule has 19 heavy (non-hydrogen) atoms. The Kier molecular flexibility index (Phi) is 4.89. The van der Waals surface area contributed by atoms with E-state index in [0.29, 0.717) is 4.90 Å². The van der Waals surface area contributed by atoms with Crippen molar-refractivity contribution >= 4 is 16.1 Å². The van der Waals surface area contributed by atoms with Gasteiger partial charge in [-0.05, 0) is 19.1 Å². The standard InChI is InChI=1S/C14H21N2O2S/c1-12-6-8-13(9-7-12)19(17,18)14(10-15(2)3)11-16(4)5/h6-11H,1-5H3/q+1. The lowest BCUT2D eigenvalue weighted by molar-refractivity contribution is -0.458. The highest BCUT2D eigenvalue weighted by Crippen LogP contribution is 2.18. The predicted molar refractivity (Wildman–Crippen MR) is 78.3 cm³/mol. The molecule has 0 aromatic heterocycles. The first kappa shape index (κ1) is 15.4. The quantitative estimate of drug-likeness (QED) is 0.620. The van der Waals surface area contributed by atoms with Crippen molar-refractivity contribution in [1.82, 2.24) is 4.90 Å². The summed E-state index contributed by atoms with van der Waals surface area (Å²) in [4.78, 5) is 2.30. The van der Waals surface area contributed by atoms with E-state index in [9.17, 15) is 8.42 Å². The lowest BCUT2D eigenvalue weighted by Crippen LogP contribution is -2.15. The van der Waals surface area contributed by atoms with Gasteiger partial charge >= 0.3 is 0 Å². The van der Waals surface area contributed by atoms with Gasteiger partial charge in [-0.2, -0.15) is 0 Å². The molecule has 0 aliphatic carbocycles. The lowest BCUT2D eigenvalue weighted by Gasteiger charge is -2.09. The molecule has 0 bridgehead atoms. The van der Waals surface area contributed by atoms with Crippen LogP contribution in [0.4, 0.5) is 0 Å². The van der Waals surface area contributed by atoms with Crippen LogP contribution in [0.5, 0.6) is 0 Å². The Hall–Kier alpha value is -1.62. The van der Waals surface area contributed by atoms with E-state index in [-0.39, 0.29) is 4.91 Å². The van der Waals surface area contributed by atoms with E-state index < -0.39 is 9.84 Å². The van der Waals surface area contributed by atoms with E-state index >= 15 is 0 Å². The van der Waals surface area contributed by atoms with Crippen LogP contribution in [-0.2, 0) is 9.84 Å². The summed E-state index contributed by atoms with van der Waals surface area (Å²) >= 11 is 0. The van der Waals surface area contributed by atoms with E-state index in [1.165, 1.54) is 0 Å². The number of aryl methyl sites for hydroxylation is 1. The van der Waals surface area contributed by atoms with Crippen molar-refractivity contribution < 1.29 is 13.0 Å². The molecule has 5 heteroatoms. The smallest absolute Gasteiger partial charge is 0.213 e. The number of sulfone groups is 1. The van der Waals surface area contributed by atoms with Crippen molar-refractivity contribution in [2.24, 2.45) is 0 Å². The maximum absolute atomic E-state index is 12.6. The van der Waals surface area contributed by atoms with Gasteiger partial charge < -0.3 is 4.90 Å². The minimum Gasteiger partial charge on any atom is -0.382 e. The summed E-state index contributed by atoms with van der Waals surface area (Å²) in [5.41, 5.74) is 1.04. The molecule has 0 spiro atoms. The summed E-state index contributed by atoms with van der Waals surface area (Å²) in [5, 5.41) is 0. The molecule has 0 N–H and O–H groups in total. The SMILES string of the molecule is Cc1ccc(S(=O)(=O)/C(C=[N+](C)C)=C\N(C)C)cc1. The summed E-state index contributed by atoms with van der Waals surface area (Å²) in [7, 11) is 3.71. The lowest BCUT2D eigenvalue weighted by atomic mass is 10.2. The van der Waals surface area contributed by atoms with E-state index in [2.05, 4.69) is 0 Å². The van der Waals surface area contributed by atoms with Crippen LogP contribution in [0.3, 0.4) is 0 Å². The van der Waals surface area contributed by atoms with Crippen molar-refractivity contribution in [2.75, 3.05) is 28.2 Å². The summed E-state index contributed by atoms with van der Waals surface area (Å²) in [5.74, 6) is 0. The minimum atomic E-state index is -3.49. The van der Waals surface area contributed by atoms with Gasteiger partial charge in [0.05, 0.1) is 4.90 Å². The highest BCUT2D eigenvalue weighted by atomic mass is 32.2. The molecular formula is C14H21N2O2S+. The van der Waals surface area contributed by atoms with Crippen LogP contribution in [0.1, 0.15) is 5.56 Å². The normalized spacial score (nSPS) is 12.2. The Morgan fingerprint density at radius 3 is 2.11 bits per heavy atom. The fraction of sp³-hybridized carbons (Fsp3) is 0.357. The summed E-state index contributed by atoms with van der Waals surface area (Å²) in [6.45, 7) is 1.93. The van der Waals surface area contributed by atoms with Crippen LogP contribution in [0.25, 0.3) is 0 Å². The van der Waals surface area contributed by atoms with Crippen molar-refractivity contribution in [3.05, 3.63) is 40.9 Å². The van der Waals surface area contributed by atoms with Gasteiger partial charge in [-0.25, -0.2) is 13.0 Å². The molecule has 104 valence electrons. The Balaban J connectivity index is 3.36. The fourth-order valence-electron chi connectivity index (χ4n) is 1.53. The molecule has 0 saturated heterocycles. The number of hydrogen-bond acceptors (Lipinski definition) is 3. The van der Waals surface area contributed by atoms with Crippen molar-refractivity contribution in [3.63, 3.8) is 0 Å². The Labute approximate surface area is 115 Å². The second kappa shape index (κ2) is 6.02. The van der Waals surface area contributed by atoms with Gasteiger partial charge in [0.1, 0.15) is 14.1 Å². The first-order valence-corrected chi connectivity index (χ1v) is 7.43. The average Bonchev–Trinajstić information content (AvgIpc) is 2.27. The molecule has 1 aromatic carbocycles. The average molecular weight is 281 g/mol. The molecule has 0 atom stereocenters. The maximum atomic E-state index is 12.6. The van der Waals surface area contributed by atoms with E-state index in [0.717, 1.165) is 5.56 Å². The van der Waals surface area contributed by atoms with Gasteiger partial charge in [-0.3, -0.25) is 0 Å². The molecule has 0 saturated carbocycles. The van der Waals surface area contributed by atoms with E-state index in [4.69, 9.17) is 0 Å². The van der Waals surface area contributed by atoms with Gasteiger partial charge in [-0.1, -0.05) is 17.7 Å². The molecule has 0 fully saturated rings. The van der Waals surface area contributed by atoms with Gasteiger partial charge in [0.15, 0.2) is 11.1 Å². The first-order valence-electron chi connectivity index (χ1n) is 5.95. The van der Waals surface area contributed by atoms with E-state index in [1.54, 1.807) is 74.3 Å². The zero-order valence-electron chi connectivity index (χ0n) is 12.1. The molecule has 0 unspecified atom stereocenters. The zero-order valence-corrected chi connectivity index (χ0v) is 12.9. The van der Waals surface area contributed by atoms with Crippen molar-refractivity contribution in [1.29, 1.82) is 0 Å². The fourth-order valence-corrected chi connectivity index (χ4v) is 3.00. The minimum absolute atomic E-state index is 0.270. The summed E-state index contributed by atoms with van der Waals surface area (Å²) < 4.78 is 26.8. The number of rotatable bonds is 4. The predicted octanol–water partition coefficient (Wildman–Crippen LogP) is 1.51. The highest BCUT2D eigenvalue weighted by molar-refractivity contribution is 7.96. The Morgan fingerprint density at radius 2 is 1.68 bits per heavy atom. The molecule has 0 radical (unpaired) electrons. The van der Waals surface area contributed by atoms with Crippen LogP contribution in [0, 0.1) is 6.92 Å².